The van der Waals surface area contributed by atoms with Gasteiger partial charge >= 0.3 is 5.97 Å². The summed E-state index contributed by atoms with van der Waals surface area (Å²) >= 11 is 3.63. The van der Waals surface area contributed by atoms with Crippen molar-refractivity contribution in [3.63, 3.8) is 0 Å². The van der Waals surface area contributed by atoms with Crippen LogP contribution in [0.5, 0.6) is 0 Å². The summed E-state index contributed by atoms with van der Waals surface area (Å²) in [7, 11) is 0. The minimum Gasteiger partial charge on any atom is -0.459 e. The predicted octanol–water partition coefficient (Wildman–Crippen LogP) is 4.78. The van der Waals surface area contributed by atoms with Gasteiger partial charge in [-0.2, -0.15) is 0 Å². The maximum absolute atomic E-state index is 13.3. The number of hydrogen-bond donors (Lipinski definition) is 1. The van der Waals surface area contributed by atoms with Gasteiger partial charge in [0.2, 0.25) is 0 Å². The van der Waals surface area contributed by atoms with Crippen LogP contribution < -0.4 is 5.32 Å². The summed E-state index contributed by atoms with van der Waals surface area (Å²) in [6.07, 6.45) is 3.09. The van der Waals surface area contributed by atoms with Crippen molar-refractivity contribution in [2.24, 2.45) is 5.41 Å². The van der Waals surface area contributed by atoms with Crippen LogP contribution >= 0.6 is 15.9 Å². The highest BCUT2D eigenvalue weighted by molar-refractivity contribution is 9.10. The molecule has 30 heavy (non-hydrogen) atoms. The Balaban J connectivity index is 1.73. The van der Waals surface area contributed by atoms with Gasteiger partial charge in [0.1, 0.15) is 6.61 Å². The smallest absolute Gasteiger partial charge is 0.336 e. The first-order chi connectivity index (χ1) is 14.3. The number of nitrogens with one attached hydrogen (secondary N) is 1. The monoisotopic (exact) mass is 473 g/mol. The first kappa shape index (κ1) is 21.3. The van der Waals surface area contributed by atoms with E-state index >= 15 is 0 Å². The highest BCUT2D eigenvalue weighted by Crippen LogP contribution is 2.48. The predicted molar refractivity (Wildman–Crippen MR) is 118 cm³/mol. The van der Waals surface area contributed by atoms with Crippen LogP contribution in [0, 0.1) is 5.41 Å². The van der Waals surface area contributed by atoms with Crippen LogP contribution in [-0.4, -0.2) is 31.1 Å². The zero-order chi connectivity index (χ0) is 21.5. The fraction of sp³-hybridized carbons (Fsp3) is 0.500. The molecule has 0 radical (unpaired) electrons. The Kier molecular flexibility index (Phi) is 5.90. The van der Waals surface area contributed by atoms with E-state index in [1.807, 2.05) is 31.2 Å². The first-order valence-corrected chi connectivity index (χ1v) is 11.3. The summed E-state index contributed by atoms with van der Waals surface area (Å²) in [6, 6.07) is 7.78. The van der Waals surface area contributed by atoms with Crippen LogP contribution in [0.25, 0.3) is 0 Å². The van der Waals surface area contributed by atoms with Gasteiger partial charge in [-0.05, 0) is 43.2 Å². The Bertz CT molecular complexity index is 940. The molecule has 0 bridgehead atoms. The van der Waals surface area contributed by atoms with Crippen molar-refractivity contribution in [3.05, 3.63) is 56.8 Å². The Hall–Kier alpha value is -1.92. The summed E-state index contributed by atoms with van der Waals surface area (Å²) in [6.45, 7) is 7.06. The molecule has 1 saturated heterocycles. The maximum atomic E-state index is 13.3. The zero-order valence-electron chi connectivity index (χ0n) is 17.7. The third kappa shape index (κ3) is 4.12. The van der Waals surface area contributed by atoms with E-state index in [4.69, 9.17) is 9.47 Å². The fourth-order valence-corrected chi connectivity index (χ4v) is 5.26. The molecule has 0 aromatic heterocycles. The van der Waals surface area contributed by atoms with E-state index < -0.39 is 5.92 Å². The Morgan fingerprint density at radius 1 is 1.30 bits per heavy atom. The number of ether oxygens (including phenoxy) is 2. The summed E-state index contributed by atoms with van der Waals surface area (Å²) in [4.78, 5) is 26.5. The molecular formula is C24H28BrNO4. The third-order valence-electron chi connectivity index (χ3n) is 6.10. The molecule has 6 heteroatoms. The summed E-state index contributed by atoms with van der Waals surface area (Å²) in [5.41, 5.74) is 3.66. The van der Waals surface area contributed by atoms with Crippen LogP contribution in [0.15, 0.2) is 51.3 Å². The number of rotatable bonds is 4. The molecule has 4 rings (SSSR count). The van der Waals surface area contributed by atoms with E-state index in [1.54, 1.807) is 0 Å². The highest BCUT2D eigenvalue weighted by atomic mass is 79.9. The molecule has 2 unspecified atom stereocenters. The van der Waals surface area contributed by atoms with Crippen molar-refractivity contribution in [1.82, 2.24) is 5.32 Å². The number of esters is 1. The Morgan fingerprint density at radius 3 is 2.77 bits per heavy atom. The molecule has 0 amide bonds. The molecule has 3 aliphatic rings. The Labute approximate surface area is 186 Å². The zero-order valence-corrected chi connectivity index (χ0v) is 19.3. The van der Waals surface area contributed by atoms with Gasteiger partial charge in [-0.1, -0.05) is 48.0 Å². The van der Waals surface area contributed by atoms with Crippen molar-refractivity contribution in [3.8, 4) is 0 Å². The van der Waals surface area contributed by atoms with Crippen LogP contribution in [-0.2, 0) is 19.1 Å². The van der Waals surface area contributed by atoms with E-state index in [0.717, 1.165) is 40.7 Å². The third-order valence-corrected chi connectivity index (χ3v) is 6.82. The molecule has 160 valence electrons. The summed E-state index contributed by atoms with van der Waals surface area (Å²) in [5.74, 6) is -0.746. The molecule has 2 atom stereocenters. The van der Waals surface area contributed by atoms with Gasteiger partial charge in [-0.15, -0.1) is 0 Å². The number of benzene rings is 1. The first-order valence-electron chi connectivity index (χ1n) is 10.5. The van der Waals surface area contributed by atoms with Gasteiger partial charge in [-0.3, -0.25) is 4.79 Å². The second kappa shape index (κ2) is 8.31. The fourth-order valence-electron chi connectivity index (χ4n) is 4.75. The number of ketones is 1. The van der Waals surface area contributed by atoms with Crippen molar-refractivity contribution in [2.45, 2.75) is 58.5 Å². The van der Waals surface area contributed by atoms with E-state index in [9.17, 15) is 9.59 Å². The molecule has 5 nitrogen and oxygen atoms in total. The molecule has 0 saturated carbocycles. The number of halogens is 1. The number of hydrogen-bond acceptors (Lipinski definition) is 5. The lowest BCUT2D eigenvalue weighted by Crippen LogP contribution is -2.39. The largest absolute Gasteiger partial charge is 0.459 e. The van der Waals surface area contributed by atoms with Gasteiger partial charge in [0.05, 0.1) is 11.7 Å². The van der Waals surface area contributed by atoms with Crippen molar-refractivity contribution < 1.29 is 19.1 Å². The standard InChI is InChI=1S/C24H28BrNO4/c1-14-20(23(28)30-13-15-7-6-10-29-15)21(16-8-4-5-9-17(16)25)22-18(26-14)11-24(2,3)12-19(22)27/h4-5,8-9,15,21,26H,6-7,10-13H2,1-3H3. The average molecular weight is 474 g/mol. The van der Waals surface area contributed by atoms with Crippen molar-refractivity contribution in [2.75, 3.05) is 13.2 Å². The lowest BCUT2D eigenvalue weighted by molar-refractivity contribution is -0.142. The molecule has 1 aromatic rings. The molecular weight excluding hydrogens is 446 g/mol. The van der Waals surface area contributed by atoms with E-state index in [0.29, 0.717) is 24.2 Å². The maximum Gasteiger partial charge on any atom is 0.336 e. The second-order valence-corrected chi connectivity index (χ2v) is 10.0. The number of carbonyl (C=O) groups excluding carboxylic acids is 2. The highest BCUT2D eigenvalue weighted by Gasteiger charge is 2.43. The molecule has 1 N–H and O–H groups in total. The SMILES string of the molecule is CC1=C(C(=O)OCC2CCCO2)C(c2ccccc2Br)C2=C(CC(C)(C)CC2=O)N1. The lowest BCUT2D eigenvalue weighted by atomic mass is 9.68. The minimum absolute atomic E-state index is 0.0415. The van der Waals surface area contributed by atoms with Crippen LogP contribution in [0.2, 0.25) is 0 Å². The summed E-state index contributed by atoms with van der Waals surface area (Å²) < 4.78 is 12.1. The van der Waals surface area contributed by atoms with E-state index in [2.05, 4.69) is 35.1 Å². The van der Waals surface area contributed by atoms with Gasteiger partial charge in [0, 0.05) is 40.4 Å². The normalized spacial score (nSPS) is 25.8. The quantitative estimate of drug-likeness (QED) is 0.637. The number of dihydropyridines is 1. The second-order valence-electron chi connectivity index (χ2n) is 9.18. The molecule has 2 aliphatic heterocycles. The molecule has 2 heterocycles. The number of carbonyl (C=O) groups is 2. The van der Waals surface area contributed by atoms with E-state index in [-0.39, 0.29) is 29.9 Å². The Morgan fingerprint density at radius 2 is 2.07 bits per heavy atom. The molecule has 1 fully saturated rings. The molecule has 1 aromatic carbocycles. The topological polar surface area (TPSA) is 64.6 Å². The number of Topliss-reactive ketones (excluding diaryl/α,β-unsaturated/α-hetero) is 1. The molecule has 1 aliphatic carbocycles. The van der Waals surface area contributed by atoms with Gasteiger partial charge in [0.25, 0.3) is 0 Å². The van der Waals surface area contributed by atoms with Crippen molar-refractivity contribution >= 4 is 27.7 Å². The van der Waals surface area contributed by atoms with Gasteiger partial charge in [-0.25, -0.2) is 4.79 Å². The van der Waals surface area contributed by atoms with Crippen LogP contribution in [0.3, 0.4) is 0 Å². The minimum atomic E-state index is -0.447. The van der Waals surface area contributed by atoms with Gasteiger partial charge in [0.15, 0.2) is 5.78 Å². The average Bonchev–Trinajstić information content (AvgIpc) is 3.18. The van der Waals surface area contributed by atoms with Crippen LogP contribution in [0.1, 0.15) is 57.9 Å². The number of allylic oxidation sites excluding steroid dienone is 3. The van der Waals surface area contributed by atoms with Crippen molar-refractivity contribution in [1.29, 1.82) is 0 Å². The lowest BCUT2D eigenvalue weighted by Gasteiger charge is -2.39. The van der Waals surface area contributed by atoms with Gasteiger partial charge < -0.3 is 14.8 Å². The van der Waals surface area contributed by atoms with Crippen LogP contribution in [0.4, 0.5) is 0 Å². The van der Waals surface area contributed by atoms with E-state index in [1.165, 1.54) is 0 Å². The summed E-state index contributed by atoms with van der Waals surface area (Å²) in [5, 5.41) is 3.37. The molecule has 0 spiro atoms.